The number of carbonyl (C=O) groups is 1. The highest BCUT2D eigenvalue weighted by atomic mass is 16.2. The number of nitrogens with two attached hydrogens (primary N) is 1. The quantitative estimate of drug-likeness (QED) is 0.848. The molecule has 1 aromatic rings. The average molecular weight is 247 g/mol. The van der Waals surface area contributed by atoms with E-state index in [1.165, 1.54) is 0 Å². The van der Waals surface area contributed by atoms with Gasteiger partial charge in [-0.25, -0.2) is 4.79 Å². The van der Waals surface area contributed by atoms with Crippen LogP contribution in [-0.4, -0.2) is 30.6 Å². The van der Waals surface area contributed by atoms with Gasteiger partial charge in [0.1, 0.15) is 0 Å². The number of benzene rings is 1. The highest BCUT2D eigenvalue weighted by Gasteiger charge is 2.27. The zero-order chi connectivity index (χ0) is 13.0. The molecule has 2 amide bonds. The van der Waals surface area contributed by atoms with Gasteiger partial charge in [0.25, 0.3) is 0 Å². The van der Waals surface area contributed by atoms with Crippen LogP contribution in [0, 0.1) is 5.92 Å². The molecule has 0 spiro atoms. The number of amides is 2. The zero-order valence-corrected chi connectivity index (χ0v) is 10.8. The summed E-state index contributed by atoms with van der Waals surface area (Å²) in [6.45, 7) is 1.38. The van der Waals surface area contributed by atoms with Crippen molar-refractivity contribution in [3.05, 3.63) is 35.9 Å². The van der Waals surface area contributed by atoms with Gasteiger partial charge in [0.2, 0.25) is 0 Å². The van der Waals surface area contributed by atoms with Crippen LogP contribution in [0.25, 0.3) is 0 Å². The van der Waals surface area contributed by atoms with E-state index in [0.717, 1.165) is 24.9 Å². The van der Waals surface area contributed by atoms with Crippen LogP contribution in [0.3, 0.4) is 0 Å². The van der Waals surface area contributed by atoms with E-state index in [4.69, 9.17) is 5.73 Å². The van der Waals surface area contributed by atoms with E-state index in [-0.39, 0.29) is 6.03 Å². The fraction of sp³-hybridized carbons (Fsp3) is 0.500. The Morgan fingerprint density at radius 2 is 2.06 bits per heavy atom. The normalized spacial score (nSPS) is 22.1. The Labute approximate surface area is 108 Å². The number of nitrogens with one attached hydrogen (secondary N) is 1. The number of rotatable bonds is 4. The van der Waals surface area contributed by atoms with Crippen molar-refractivity contribution in [2.75, 3.05) is 13.6 Å². The third-order valence-electron chi connectivity index (χ3n) is 3.44. The predicted molar refractivity (Wildman–Crippen MR) is 72.0 cm³/mol. The second kappa shape index (κ2) is 5.87. The zero-order valence-electron chi connectivity index (χ0n) is 10.8. The standard InChI is InChI=1S/C14H21N3O/c1-17(10-12-7-13(15)8-12)14(18)16-9-11-5-3-2-4-6-11/h2-6,12-13H,7-10,15H2,1H3,(H,16,18). The summed E-state index contributed by atoms with van der Waals surface area (Å²) >= 11 is 0. The summed E-state index contributed by atoms with van der Waals surface area (Å²) in [6, 6.07) is 10.3. The van der Waals surface area contributed by atoms with Gasteiger partial charge in [0.05, 0.1) is 0 Å². The van der Waals surface area contributed by atoms with Gasteiger partial charge < -0.3 is 16.0 Å². The maximum absolute atomic E-state index is 11.9. The molecule has 1 aromatic carbocycles. The molecular formula is C14H21N3O. The van der Waals surface area contributed by atoms with Gasteiger partial charge in [-0.05, 0) is 24.3 Å². The van der Waals surface area contributed by atoms with E-state index >= 15 is 0 Å². The van der Waals surface area contributed by atoms with Crippen LogP contribution in [0.5, 0.6) is 0 Å². The Morgan fingerprint density at radius 3 is 2.67 bits per heavy atom. The summed E-state index contributed by atoms with van der Waals surface area (Å²) in [5.74, 6) is 0.576. The molecule has 3 N–H and O–H groups in total. The average Bonchev–Trinajstić information content (AvgIpc) is 2.35. The maximum Gasteiger partial charge on any atom is 0.317 e. The van der Waals surface area contributed by atoms with Crippen LogP contribution in [-0.2, 0) is 6.54 Å². The number of nitrogens with zero attached hydrogens (tertiary/aromatic N) is 1. The molecule has 0 saturated heterocycles. The van der Waals surface area contributed by atoms with Crippen LogP contribution >= 0.6 is 0 Å². The van der Waals surface area contributed by atoms with Crippen molar-refractivity contribution in [2.45, 2.75) is 25.4 Å². The van der Waals surface area contributed by atoms with Crippen LogP contribution in [0.15, 0.2) is 30.3 Å². The Hall–Kier alpha value is -1.55. The minimum Gasteiger partial charge on any atom is -0.334 e. The van der Waals surface area contributed by atoms with Gasteiger partial charge in [-0.1, -0.05) is 30.3 Å². The molecule has 4 heteroatoms. The topological polar surface area (TPSA) is 58.4 Å². The maximum atomic E-state index is 11.9. The minimum atomic E-state index is -0.0145. The summed E-state index contributed by atoms with van der Waals surface area (Å²) in [7, 11) is 1.84. The van der Waals surface area contributed by atoms with Gasteiger partial charge in [-0.2, -0.15) is 0 Å². The second-order valence-electron chi connectivity index (χ2n) is 5.12. The van der Waals surface area contributed by atoms with Crippen molar-refractivity contribution in [2.24, 2.45) is 11.7 Å². The second-order valence-corrected chi connectivity index (χ2v) is 5.12. The first kappa shape index (κ1) is 12.9. The number of urea groups is 1. The van der Waals surface area contributed by atoms with Crippen LogP contribution in [0.1, 0.15) is 18.4 Å². The number of hydrogen-bond acceptors (Lipinski definition) is 2. The largest absolute Gasteiger partial charge is 0.334 e. The molecule has 0 atom stereocenters. The van der Waals surface area contributed by atoms with Gasteiger partial charge >= 0.3 is 6.03 Å². The monoisotopic (exact) mass is 247 g/mol. The molecule has 0 bridgehead atoms. The minimum absolute atomic E-state index is 0.0145. The molecule has 0 aromatic heterocycles. The first-order chi connectivity index (χ1) is 8.65. The fourth-order valence-electron chi connectivity index (χ4n) is 2.32. The highest BCUT2D eigenvalue weighted by molar-refractivity contribution is 5.73. The van der Waals surface area contributed by atoms with E-state index in [9.17, 15) is 4.79 Å². The van der Waals surface area contributed by atoms with E-state index in [0.29, 0.717) is 18.5 Å². The van der Waals surface area contributed by atoms with Crippen LogP contribution < -0.4 is 11.1 Å². The van der Waals surface area contributed by atoms with Gasteiger partial charge in [-0.15, -0.1) is 0 Å². The lowest BCUT2D eigenvalue weighted by atomic mass is 9.81. The summed E-state index contributed by atoms with van der Waals surface area (Å²) in [6.07, 6.45) is 2.08. The summed E-state index contributed by atoms with van der Waals surface area (Å²) < 4.78 is 0. The summed E-state index contributed by atoms with van der Waals surface area (Å²) in [5, 5.41) is 2.92. The summed E-state index contributed by atoms with van der Waals surface area (Å²) in [5.41, 5.74) is 6.85. The first-order valence-corrected chi connectivity index (χ1v) is 6.43. The Kier molecular flexibility index (Phi) is 4.20. The van der Waals surface area contributed by atoms with Gasteiger partial charge in [0, 0.05) is 26.2 Å². The van der Waals surface area contributed by atoms with Crippen LogP contribution in [0.2, 0.25) is 0 Å². The molecule has 98 valence electrons. The SMILES string of the molecule is CN(CC1CC(N)C1)C(=O)NCc1ccccc1. The third kappa shape index (κ3) is 3.47. The van der Waals surface area contributed by atoms with E-state index < -0.39 is 0 Å². The van der Waals surface area contributed by atoms with Crippen molar-refractivity contribution < 1.29 is 4.79 Å². The lowest BCUT2D eigenvalue weighted by molar-refractivity contribution is 0.172. The lowest BCUT2D eigenvalue weighted by Crippen LogP contribution is -2.45. The molecule has 1 saturated carbocycles. The fourth-order valence-corrected chi connectivity index (χ4v) is 2.32. The Balaban J connectivity index is 1.71. The van der Waals surface area contributed by atoms with Gasteiger partial charge in [0.15, 0.2) is 0 Å². The molecule has 1 aliphatic rings. The molecular weight excluding hydrogens is 226 g/mol. The molecule has 4 nitrogen and oxygen atoms in total. The van der Waals surface area contributed by atoms with Crippen LogP contribution in [0.4, 0.5) is 4.79 Å². The van der Waals surface area contributed by atoms with Crippen molar-refractivity contribution >= 4 is 6.03 Å². The highest BCUT2D eigenvalue weighted by Crippen LogP contribution is 2.25. The molecule has 1 fully saturated rings. The predicted octanol–water partition coefficient (Wildman–Crippen LogP) is 1.57. The molecule has 18 heavy (non-hydrogen) atoms. The molecule has 0 aliphatic heterocycles. The molecule has 0 unspecified atom stereocenters. The lowest BCUT2D eigenvalue weighted by Gasteiger charge is -2.35. The van der Waals surface area contributed by atoms with E-state index in [1.807, 2.05) is 37.4 Å². The molecule has 1 aliphatic carbocycles. The van der Waals surface area contributed by atoms with Crippen molar-refractivity contribution in [1.29, 1.82) is 0 Å². The van der Waals surface area contributed by atoms with E-state index in [2.05, 4.69) is 5.32 Å². The third-order valence-corrected chi connectivity index (χ3v) is 3.44. The van der Waals surface area contributed by atoms with Gasteiger partial charge in [-0.3, -0.25) is 0 Å². The smallest absolute Gasteiger partial charge is 0.317 e. The molecule has 2 rings (SSSR count). The first-order valence-electron chi connectivity index (χ1n) is 6.43. The van der Waals surface area contributed by atoms with Crippen molar-refractivity contribution in [3.63, 3.8) is 0 Å². The Bertz CT molecular complexity index is 387. The van der Waals surface area contributed by atoms with Crippen molar-refractivity contribution in [1.82, 2.24) is 10.2 Å². The number of carbonyl (C=O) groups excluding carboxylic acids is 1. The Morgan fingerprint density at radius 1 is 1.39 bits per heavy atom. The number of hydrogen-bond donors (Lipinski definition) is 2. The van der Waals surface area contributed by atoms with Crippen molar-refractivity contribution in [3.8, 4) is 0 Å². The molecule has 0 heterocycles. The molecule has 0 radical (unpaired) electrons. The summed E-state index contributed by atoms with van der Waals surface area (Å²) in [4.78, 5) is 13.6. The van der Waals surface area contributed by atoms with E-state index in [1.54, 1.807) is 4.90 Å².